The summed E-state index contributed by atoms with van der Waals surface area (Å²) >= 11 is 0. The van der Waals surface area contributed by atoms with Gasteiger partial charge in [0.05, 0.1) is 13.4 Å². The molecule has 0 saturated carbocycles. The Bertz CT molecular complexity index is 255. The standard InChI is InChI=1S/C9H11NO/c1-11-6-5-8-3-2-4-9(10)7-8/h2-7H,10H2,1H3/b6-5+. The van der Waals surface area contributed by atoms with Crippen molar-refractivity contribution in [1.82, 2.24) is 0 Å². The van der Waals surface area contributed by atoms with Gasteiger partial charge in [0.2, 0.25) is 0 Å². The smallest absolute Gasteiger partial charge is 0.0830 e. The van der Waals surface area contributed by atoms with Gasteiger partial charge in [-0.2, -0.15) is 0 Å². The maximum Gasteiger partial charge on any atom is 0.0830 e. The molecule has 1 aromatic rings. The molecule has 2 nitrogen and oxygen atoms in total. The third-order valence-electron chi connectivity index (χ3n) is 1.31. The molecule has 0 unspecified atom stereocenters. The summed E-state index contributed by atoms with van der Waals surface area (Å²) in [6.07, 6.45) is 3.48. The van der Waals surface area contributed by atoms with Gasteiger partial charge in [-0.25, -0.2) is 0 Å². The highest BCUT2D eigenvalue weighted by Crippen LogP contribution is 2.07. The highest BCUT2D eigenvalue weighted by Gasteiger charge is 1.85. The fraction of sp³-hybridized carbons (Fsp3) is 0.111. The fourth-order valence-corrected chi connectivity index (χ4v) is 0.809. The van der Waals surface area contributed by atoms with Gasteiger partial charge in [0.15, 0.2) is 0 Å². The molecule has 0 fully saturated rings. The van der Waals surface area contributed by atoms with Gasteiger partial charge in [-0.15, -0.1) is 0 Å². The fourth-order valence-electron chi connectivity index (χ4n) is 0.809. The SMILES string of the molecule is CO/C=C/c1cccc(N)c1. The lowest BCUT2D eigenvalue weighted by Gasteiger charge is -1.94. The molecule has 2 N–H and O–H groups in total. The Balaban J connectivity index is 2.79. The number of hydrogen-bond donors (Lipinski definition) is 1. The monoisotopic (exact) mass is 149 g/mol. The zero-order valence-electron chi connectivity index (χ0n) is 6.45. The first-order valence-corrected chi connectivity index (χ1v) is 3.38. The van der Waals surface area contributed by atoms with Crippen LogP contribution < -0.4 is 5.73 Å². The Kier molecular flexibility index (Phi) is 2.55. The van der Waals surface area contributed by atoms with Gasteiger partial charge in [-0.3, -0.25) is 0 Å². The topological polar surface area (TPSA) is 35.2 Å². The lowest BCUT2D eigenvalue weighted by Crippen LogP contribution is -1.83. The Labute approximate surface area is 66.3 Å². The van der Waals surface area contributed by atoms with E-state index in [-0.39, 0.29) is 0 Å². The second-order valence-corrected chi connectivity index (χ2v) is 2.21. The summed E-state index contributed by atoms with van der Waals surface area (Å²) in [5.74, 6) is 0. The van der Waals surface area contributed by atoms with E-state index >= 15 is 0 Å². The summed E-state index contributed by atoms with van der Waals surface area (Å²) < 4.78 is 4.76. The average molecular weight is 149 g/mol. The number of methoxy groups -OCH3 is 1. The quantitative estimate of drug-likeness (QED) is 0.514. The Morgan fingerprint density at radius 1 is 1.45 bits per heavy atom. The molecule has 0 aliphatic carbocycles. The van der Waals surface area contributed by atoms with Crippen LogP contribution in [0.1, 0.15) is 5.56 Å². The lowest BCUT2D eigenvalue weighted by atomic mass is 10.2. The van der Waals surface area contributed by atoms with Crippen molar-refractivity contribution in [1.29, 1.82) is 0 Å². The first-order valence-electron chi connectivity index (χ1n) is 3.38. The van der Waals surface area contributed by atoms with E-state index < -0.39 is 0 Å². The highest BCUT2D eigenvalue weighted by molar-refractivity contribution is 5.54. The third kappa shape index (κ3) is 2.34. The predicted molar refractivity (Wildman–Crippen MR) is 46.9 cm³/mol. The van der Waals surface area contributed by atoms with Crippen LogP contribution in [0.25, 0.3) is 6.08 Å². The second kappa shape index (κ2) is 3.66. The van der Waals surface area contributed by atoms with E-state index in [1.807, 2.05) is 30.3 Å². The molecule has 0 saturated heterocycles. The van der Waals surface area contributed by atoms with E-state index in [1.165, 1.54) is 0 Å². The molecule has 58 valence electrons. The van der Waals surface area contributed by atoms with Crippen molar-refractivity contribution in [2.75, 3.05) is 12.8 Å². The van der Waals surface area contributed by atoms with E-state index in [1.54, 1.807) is 13.4 Å². The summed E-state index contributed by atoms with van der Waals surface area (Å²) in [4.78, 5) is 0. The molecule has 11 heavy (non-hydrogen) atoms. The normalized spacial score (nSPS) is 10.3. The summed E-state index contributed by atoms with van der Waals surface area (Å²) in [5, 5.41) is 0. The lowest BCUT2D eigenvalue weighted by molar-refractivity contribution is 0.341. The minimum Gasteiger partial charge on any atom is -0.504 e. The maximum absolute atomic E-state index is 5.56. The molecule has 0 aliphatic heterocycles. The van der Waals surface area contributed by atoms with Crippen molar-refractivity contribution < 1.29 is 4.74 Å². The van der Waals surface area contributed by atoms with Gasteiger partial charge in [-0.1, -0.05) is 12.1 Å². The second-order valence-electron chi connectivity index (χ2n) is 2.21. The highest BCUT2D eigenvalue weighted by atomic mass is 16.5. The minimum atomic E-state index is 0.767. The maximum atomic E-state index is 5.56. The molecule has 0 aliphatic rings. The van der Waals surface area contributed by atoms with E-state index in [0.717, 1.165) is 11.3 Å². The molecule has 0 aromatic heterocycles. The summed E-state index contributed by atoms with van der Waals surface area (Å²) in [6.45, 7) is 0. The molecular formula is C9H11NO. The van der Waals surface area contributed by atoms with Crippen LogP contribution in [0.4, 0.5) is 5.69 Å². The van der Waals surface area contributed by atoms with Crippen molar-refractivity contribution in [2.45, 2.75) is 0 Å². The molecule has 0 bridgehead atoms. The third-order valence-corrected chi connectivity index (χ3v) is 1.31. The number of rotatable bonds is 2. The molecule has 0 heterocycles. The van der Waals surface area contributed by atoms with Gasteiger partial charge in [-0.05, 0) is 23.8 Å². The van der Waals surface area contributed by atoms with Gasteiger partial charge < -0.3 is 10.5 Å². The Hall–Kier alpha value is -1.44. The van der Waals surface area contributed by atoms with Crippen molar-refractivity contribution in [3.05, 3.63) is 36.1 Å². The van der Waals surface area contributed by atoms with Crippen LogP contribution in [0.2, 0.25) is 0 Å². The largest absolute Gasteiger partial charge is 0.504 e. The van der Waals surface area contributed by atoms with Gasteiger partial charge in [0.1, 0.15) is 0 Å². The van der Waals surface area contributed by atoms with Crippen LogP contribution in [-0.4, -0.2) is 7.11 Å². The number of ether oxygens (including phenoxy) is 1. The molecule has 0 radical (unpaired) electrons. The number of nitrogens with two attached hydrogens (primary N) is 1. The molecule has 1 aromatic carbocycles. The zero-order valence-corrected chi connectivity index (χ0v) is 6.45. The van der Waals surface area contributed by atoms with E-state index in [2.05, 4.69) is 0 Å². The van der Waals surface area contributed by atoms with Crippen LogP contribution in [-0.2, 0) is 4.74 Å². The van der Waals surface area contributed by atoms with Crippen LogP contribution in [0.3, 0.4) is 0 Å². The number of anilines is 1. The Morgan fingerprint density at radius 3 is 2.91 bits per heavy atom. The molecule has 0 amide bonds. The zero-order chi connectivity index (χ0) is 8.10. The van der Waals surface area contributed by atoms with Gasteiger partial charge in [0.25, 0.3) is 0 Å². The first-order chi connectivity index (χ1) is 5.33. The van der Waals surface area contributed by atoms with Crippen LogP contribution in [0.5, 0.6) is 0 Å². The van der Waals surface area contributed by atoms with E-state index in [9.17, 15) is 0 Å². The number of nitrogen functional groups attached to an aromatic ring is 1. The number of hydrogen-bond acceptors (Lipinski definition) is 2. The molecular weight excluding hydrogens is 138 g/mol. The summed E-state index contributed by atoms with van der Waals surface area (Å²) in [6, 6.07) is 7.61. The molecule has 2 heteroatoms. The predicted octanol–water partition coefficient (Wildman–Crippen LogP) is 1.89. The van der Waals surface area contributed by atoms with E-state index in [4.69, 9.17) is 10.5 Å². The molecule has 0 spiro atoms. The Morgan fingerprint density at radius 2 is 2.27 bits per heavy atom. The van der Waals surface area contributed by atoms with Crippen molar-refractivity contribution >= 4 is 11.8 Å². The minimum absolute atomic E-state index is 0.767. The average Bonchev–Trinajstić information content (AvgIpc) is 2.01. The summed E-state index contributed by atoms with van der Waals surface area (Å²) in [7, 11) is 1.61. The van der Waals surface area contributed by atoms with Crippen molar-refractivity contribution in [2.24, 2.45) is 0 Å². The van der Waals surface area contributed by atoms with Crippen LogP contribution >= 0.6 is 0 Å². The van der Waals surface area contributed by atoms with Crippen molar-refractivity contribution in [3.63, 3.8) is 0 Å². The molecule has 0 atom stereocenters. The van der Waals surface area contributed by atoms with Gasteiger partial charge in [0, 0.05) is 5.69 Å². The molecule has 1 rings (SSSR count). The number of benzene rings is 1. The van der Waals surface area contributed by atoms with Crippen molar-refractivity contribution in [3.8, 4) is 0 Å². The first kappa shape index (κ1) is 7.66. The van der Waals surface area contributed by atoms with Crippen LogP contribution in [0, 0.1) is 0 Å². The van der Waals surface area contributed by atoms with E-state index in [0.29, 0.717) is 0 Å². The van der Waals surface area contributed by atoms with Crippen LogP contribution in [0.15, 0.2) is 30.5 Å². The van der Waals surface area contributed by atoms with Gasteiger partial charge >= 0.3 is 0 Å². The summed E-state index contributed by atoms with van der Waals surface area (Å²) in [5.41, 5.74) is 7.37.